The number of hydrogen-bond donors (Lipinski definition) is 2. The van der Waals surface area contributed by atoms with Crippen molar-refractivity contribution in [1.82, 2.24) is 5.32 Å². The Morgan fingerprint density at radius 3 is 2.45 bits per heavy atom. The van der Waals surface area contributed by atoms with Crippen molar-refractivity contribution in [2.75, 3.05) is 13.7 Å². The van der Waals surface area contributed by atoms with E-state index in [1.807, 2.05) is 30.3 Å². The molecule has 0 bridgehead atoms. The fourth-order valence-electron chi connectivity index (χ4n) is 2.31. The van der Waals surface area contributed by atoms with E-state index in [0.29, 0.717) is 18.9 Å². The number of carboxylic acid groups (broad SMARTS) is 1. The van der Waals surface area contributed by atoms with E-state index in [1.54, 1.807) is 7.11 Å². The average molecular weight is 279 g/mol. The van der Waals surface area contributed by atoms with Crippen LogP contribution in [0.25, 0.3) is 0 Å². The molecule has 1 aromatic rings. The predicted octanol–water partition coefficient (Wildman–Crippen LogP) is 2.33. The normalized spacial score (nSPS) is 14.2. The summed E-state index contributed by atoms with van der Waals surface area (Å²) in [5.41, 5.74) is 1.02. The van der Waals surface area contributed by atoms with Crippen molar-refractivity contribution in [1.29, 1.82) is 0 Å². The van der Waals surface area contributed by atoms with Crippen LogP contribution in [0.3, 0.4) is 0 Å². The molecule has 0 fully saturated rings. The topological polar surface area (TPSA) is 58.6 Å². The molecule has 0 aliphatic heterocycles. The number of hydrogen-bond acceptors (Lipinski definition) is 3. The quantitative estimate of drug-likeness (QED) is 0.728. The van der Waals surface area contributed by atoms with Gasteiger partial charge < -0.3 is 9.84 Å². The Balaban J connectivity index is 2.67. The lowest BCUT2D eigenvalue weighted by Gasteiger charge is -2.24. The Morgan fingerprint density at radius 2 is 1.95 bits per heavy atom. The minimum absolute atomic E-state index is 0.0600. The van der Waals surface area contributed by atoms with Crippen molar-refractivity contribution in [2.24, 2.45) is 5.92 Å². The molecular formula is C16H25NO3. The molecule has 2 N–H and O–H groups in total. The Bertz CT molecular complexity index is 392. The predicted molar refractivity (Wildman–Crippen MR) is 79.8 cm³/mol. The minimum Gasteiger partial charge on any atom is -0.480 e. The molecule has 1 aromatic carbocycles. The van der Waals surface area contributed by atoms with E-state index in [2.05, 4.69) is 19.2 Å². The molecule has 20 heavy (non-hydrogen) atoms. The highest BCUT2D eigenvalue weighted by Gasteiger charge is 2.22. The van der Waals surface area contributed by atoms with Crippen molar-refractivity contribution in [3.05, 3.63) is 35.9 Å². The lowest BCUT2D eigenvalue weighted by atomic mass is 10.0. The van der Waals surface area contributed by atoms with Gasteiger partial charge in [-0.2, -0.15) is 0 Å². The van der Waals surface area contributed by atoms with Gasteiger partial charge in [0.05, 0.1) is 6.61 Å². The minimum atomic E-state index is -0.821. The van der Waals surface area contributed by atoms with Gasteiger partial charge in [0.1, 0.15) is 6.04 Å². The van der Waals surface area contributed by atoms with E-state index < -0.39 is 12.0 Å². The molecule has 4 nitrogen and oxygen atoms in total. The van der Waals surface area contributed by atoms with Crippen molar-refractivity contribution in [2.45, 2.75) is 38.8 Å². The summed E-state index contributed by atoms with van der Waals surface area (Å²) in [5.74, 6) is -0.326. The smallest absolute Gasteiger partial charge is 0.321 e. The molecular weight excluding hydrogens is 254 g/mol. The third kappa shape index (κ3) is 6.17. The van der Waals surface area contributed by atoms with Gasteiger partial charge >= 0.3 is 5.97 Å². The number of carboxylic acids is 1. The second-order valence-corrected chi connectivity index (χ2v) is 5.53. The van der Waals surface area contributed by atoms with Gasteiger partial charge in [0, 0.05) is 13.2 Å². The highest BCUT2D eigenvalue weighted by molar-refractivity contribution is 5.74. The van der Waals surface area contributed by atoms with Gasteiger partial charge in [-0.25, -0.2) is 0 Å². The van der Waals surface area contributed by atoms with Crippen LogP contribution in [0.5, 0.6) is 0 Å². The maximum Gasteiger partial charge on any atom is 0.321 e. The van der Waals surface area contributed by atoms with Crippen LogP contribution >= 0.6 is 0 Å². The van der Waals surface area contributed by atoms with Crippen LogP contribution in [-0.2, 0) is 16.0 Å². The average Bonchev–Trinajstić information content (AvgIpc) is 2.38. The zero-order chi connectivity index (χ0) is 15.0. The van der Waals surface area contributed by atoms with Gasteiger partial charge in [-0.1, -0.05) is 44.2 Å². The lowest BCUT2D eigenvalue weighted by molar-refractivity contribution is -0.139. The van der Waals surface area contributed by atoms with Gasteiger partial charge in [0.15, 0.2) is 0 Å². The monoisotopic (exact) mass is 279 g/mol. The molecule has 112 valence electrons. The molecule has 0 amide bonds. The molecule has 2 atom stereocenters. The molecule has 0 spiro atoms. The number of methoxy groups -OCH3 is 1. The summed E-state index contributed by atoms with van der Waals surface area (Å²) >= 11 is 0. The molecule has 0 aromatic heterocycles. The van der Waals surface area contributed by atoms with E-state index in [1.165, 1.54) is 0 Å². The number of carbonyl (C=O) groups is 1. The standard InChI is InChI=1S/C16H25NO3/c1-12(2)9-14(11-20-3)17-15(16(18)19)10-13-7-5-4-6-8-13/h4-8,12,14-15,17H,9-11H2,1-3H3,(H,18,19)/t14?,15-/m1/s1. The fourth-order valence-corrected chi connectivity index (χ4v) is 2.31. The largest absolute Gasteiger partial charge is 0.480 e. The number of nitrogens with one attached hydrogen (secondary N) is 1. The number of benzene rings is 1. The molecule has 1 unspecified atom stereocenters. The molecule has 0 aliphatic carbocycles. The van der Waals surface area contributed by atoms with Crippen LogP contribution < -0.4 is 5.32 Å². The lowest BCUT2D eigenvalue weighted by Crippen LogP contribution is -2.47. The summed E-state index contributed by atoms with van der Waals surface area (Å²) in [4.78, 5) is 11.4. The maximum absolute atomic E-state index is 11.4. The maximum atomic E-state index is 11.4. The number of aliphatic carboxylic acids is 1. The van der Waals surface area contributed by atoms with E-state index in [-0.39, 0.29) is 6.04 Å². The second kappa shape index (κ2) is 8.72. The molecule has 1 rings (SSSR count). The van der Waals surface area contributed by atoms with Gasteiger partial charge in [-0.15, -0.1) is 0 Å². The Kier molecular flexibility index (Phi) is 7.26. The van der Waals surface area contributed by atoms with Crippen molar-refractivity contribution in [3.63, 3.8) is 0 Å². The van der Waals surface area contributed by atoms with Crippen LogP contribution in [-0.4, -0.2) is 36.9 Å². The summed E-state index contributed by atoms with van der Waals surface area (Å²) in [6.07, 6.45) is 1.38. The van der Waals surface area contributed by atoms with Crippen LogP contribution in [0.2, 0.25) is 0 Å². The Morgan fingerprint density at radius 1 is 1.30 bits per heavy atom. The van der Waals surface area contributed by atoms with Gasteiger partial charge in [0.25, 0.3) is 0 Å². The molecule has 0 saturated carbocycles. The van der Waals surface area contributed by atoms with Crippen molar-refractivity contribution >= 4 is 5.97 Å². The molecule has 4 heteroatoms. The highest BCUT2D eigenvalue weighted by atomic mass is 16.5. The molecule has 0 heterocycles. The van der Waals surface area contributed by atoms with Crippen molar-refractivity contribution in [3.8, 4) is 0 Å². The van der Waals surface area contributed by atoms with Gasteiger partial charge in [0.2, 0.25) is 0 Å². The number of rotatable bonds is 9. The van der Waals surface area contributed by atoms with E-state index >= 15 is 0 Å². The fraction of sp³-hybridized carbons (Fsp3) is 0.562. The van der Waals surface area contributed by atoms with Crippen LogP contribution in [0.15, 0.2) is 30.3 Å². The third-order valence-electron chi connectivity index (χ3n) is 3.14. The highest BCUT2D eigenvalue weighted by Crippen LogP contribution is 2.09. The molecule has 0 saturated heterocycles. The van der Waals surface area contributed by atoms with E-state index in [4.69, 9.17) is 4.74 Å². The molecule has 0 aliphatic rings. The number of ether oxygens (including phenoxy) is 1. The summed E-state index contributed by atoms with van der Waals surface area (Å²) in [6, 6.07) is 9.15. The summed E-state index contributed by atoms with van der Waals surface area (Å²) in [6.45, 7) is 4.77. The first-order valence-electron chi connectivity index (χ1n) is 7.04. The molecule has 0 radical (unpaired) electrons. The van der Waals surface area contributed by atoms with Gasteiger partial charge in [-0.3, -0.25) is 10.1 Å². The SMILES string of the molecule is COCC(CC(C)C)N[C@H](Cc1ccccc1)C(=O)O. The second-order valence-electron chi connectivity index (χ2n) is 5.53. The van der Waals surface area contributed by atoms with Gasteiger partial charge in [-0.05, 0) is 24.3 Å². The first-order valence-corrected chi connectivity index (χ1v) is 7.04. The first-order chi connectivity index (χ1) is 9.52. The van der Waals surface area contributed by atoms with E-state index in [0.717, 1.165) is 12.0 Å². The first kappa shape index (κ1) is 16.7. The summed E-state index contributed by atoms with van der Waals surface area (Å²) in [7, 11) is 1.64. The van der Waals surface area contributed by atoms with Crippen LogP contribution in [0.4, 0.5) is 0 Å². The zero-order valence-electron chi connectivity index (χ0n) is 12.5. The zero-order valence-corrected chi connectivity index (χ0v) is 12.5. The summed E-state index contributed by atoms with van der Waals surface area (Å²) < 4.78 is 5.18. The Labute approximate surface area is 121 Å². The Hall–Kier alpha value is -1.39. The van der Waals surface area contributed by atoms with E-state index in [9.17, 15) is 9.90 Å². The summed E-state index contributed by atoms with van der Waals surface area (Å²) in [5, 5.41) is 12.6. The van der Waals surface area contributed by atoms with Crippen molar-refractivity contribution < 1.29 is 14.6 Å². The van der Waals surface area contributed by atoms with Crippen LogP contribution in [0.1, 0.15) is 25.8 Å². The third-order valence-corrected chi connectivity index (χ3v) is 3.14. The van der Waals surface area contributed by atoms with Crippen LogP contribution in [0, 0.1) is 5.92 Å².